The monoisotopic (exact) mass is 490 g/mol. The first-order valence-electron chi connectivity index (χ1n) is 12.9. The second-order valence-corrected chi connectivity index (χ2v) is 11.3. The summed E-state index contributed by atoms with van der Waals surface area (Å²) >= 11 is 0. The maximum Gasteiger partial charge on any atom is 0.509 e. The number of carbonyl (C=O) groups excluding carboxylic acids is 4. The fourth-order valence-electron chi connectivity index (χ4n) is 8.08. The summed E-state index contributed by atoms with van der Waals surface area (Å²) < 4.78 is 15.8. The Balaban J connectivity index is 1.68. The highest BCUT2D eigenvalue weighted by atomic mass is 16.7. The molecule has 0 spiro atoms. The number of methoxy groups -OCH3 is 1. The molecule has 35 heavy (non-hydrogen) atoms. The maximum atomic E-state index is 13.6. The van der Waals surface area contributed by atoms with Gasteiger partial charge in [0, 0.05) is 18.3 Å². The first-order chi connectivity index (χ1) is 16.5. The van der Waals surface area contributed by atoms with Crippen molar-refractivity contribution in [2.45, 2.75) is 90.3 Å². The molecule has 8 nitrogen and oxygen atoms in total. The van der Waals surface area contributed by atoms with Crippen LogP contribution in [0.4, 0.5) is 4.79 Å². The van der Waals surface area contributed by atoms with Crippen LogP contribution in [0.5, 0.6) is 0 Å². The molecule has 0 saturated heterocycles. The Kier molecular flexibility index (Phi) is 6.90. The average Bonchev–Trinajstić information content (AvgIpc) is 3.10. The van der Waals surface area contributed by atoms with Gasteiger partial charge in [-0.3, -0.25) is 14.4 Å². The molecule has 0 unspecified atom stereocenters. The molecule has 0 aromatic heterocycles. The second kappa shape index (κ2) is 9.34. The van der Waals surface area contributed by atoms with Crippen molar-refractivity contribution in [2.75, 3.05) is 13.7 Å². The number of rotatable bonds is 6. The molecule has 0 aromatic rings. The van der Waals surface area contributed by atoms with Gasteiger partial charge < -0.3 is 19.3 Å². The second-order valence-electron chi connectivity index (χ2n) is 11.3. The molecule has 7 atom stereocenters. The summed E-state index contributed by atoms with van der Waals surface area (Å²) in [7, 11) is 1.20. The van der Waals surface area contributed by atoms with Crippen LogP contribution in [0, 0.1) is 28.6 Å². The van der Waals surface area contributed by atoms with E-state index in [9.17, 15) is 24.3 Å². The molecule has 8 heteroatoms. The number of fused-ring (bicyclic) bond motifs is 5. The normalized spacial score (nSPS) is 40.0. The Bertz CT molecular complexity index is 939. The number of ether oxygens (including phenoxy) is 3. The Morgan fingerprint density at radius 3 is 2.57 bits per heavy atom. The van der Waals surface area contributed by atoms with Crippen molar-refractivity contribution in [1.82, 2.24) is 0 Å². The van der Waals surface area contributed by atoms with Crippen molar-refractivity contribution in [3.05, 3.63) is 11.6 Å². The van der Waals surface area contributed by atoms with E-state index >= 15 is 0 Å². The molecule has 3 saturated carbocycles. The van der Waals surface area contributed by atoms with Crippen LogP contribution in [-0.2, 0) is 28.6 Å². The van der Waals surface area contributed by atoms with Crippen LogP contribution in [-0.4, -0.2) is 54.2 Å². The lowest BCUT2D eigenvalue weighted by molar-refractivity contribution is -0.188. The number of hydrogen-bond donors (Lipinski definition) is 1. The molecular weight excluding hydrogens is 452 g/mol. The van der Waals surface area contributed by atoms with E-state index in [0.717, 1.165) is 24.8 Å². The van der Waals surface area contributed by atoms with E-state index in [1.165, 1.54) is 7.11 Å². The van der Waals surface area contributed by atoms with Crippen molar-refractivity contribution in [3.63, 3.8) is 0 Å². The van der Waals surface area contributed by atoms with Gasteiger partial charge in [0.15, 0.2) is 18.0 Å². The standard InChI is InChI=1S/C27H38O8/c1-5-6-22(31)34-15-21(30)27(35-24(32)33-4)12-10-19-18-8-7-16-13-17(28)9-11-25(16,2)23(18)20(29)14-26(19,27)3/h13,18-20,23,29H,5-12,14-15H2,1-4H3/t18-,19-,20-,23+,25-,26-,27-/m0/s1. The largest absolute Gasteiger partial charge is 0.509 e. The third-order valence-corrected chi connectivity index (χ3v) is 9.71. The van der Waals surface area contributed by atoms with Crippen LogP contribution in [0.25, 0.3) is 0 Å². The van der Waals surface area contributed by atoms with Crippen molar-refractivity contribution in [3.8, 4) is 0 Å². The van der Waals surface area contributed by atoms with Gasteiger partial charge in [-0.2, -0.15) is 0 Å². The van der Waals surface area contributed by atoms with Gasteiger partial charge in [-0.25, -0.2) is 4.79 Å². The van der Waals surface area contributed by atoms with E-state index in [4.69, 9.17) is 14.2 Å². The zero-order valence-corrected chi connectivity index (χ0v) is 21.3. The minimum atomic E-state index is -1.54. The summed E-state index contributed by atoms with van der Waals surface area (Å²) in [4.78, 5) is 50.1. The Morgan fingerprint density at radius 1 is 1.14 bits per heavy atom. The van der Waals surface area contributed by atoms with E-state index in [2.05, 4.69) is 6.92 Å². The average molecular weight is 491 g/mol. The smallest absolute Gasteiger partial charge is 0.457 e. The first-order valence-corrected chi connectivity index (χ1v) is 12.9. The third-order valence-electron chi connectivity index (χ3n) is 9.71. The minimum Gasteiger partial charge on any atom is -0.457 e. The number of aliphatic hydroxyl groups excluding tert-OH is 1. The summed E-state index contributed by atoms with van der Waals surface area (Å²) in [6.45, 7) is 5.46. The van der Waals surface area contributed by atoms with Crippen molar-refractivity contribution in [1.29, 1.82) is 0 Å². The highest BCUT2D eigenvalue weighted by Crippen LogP contribution is 2.68. The quantitative estimate of drug-likeness (QED) is 0.557. The van der Waals surface area contributed by atoms with Crippen molar-refractivity contribution < 1.29 is 38.5 Å². The summed E-state index contributed by atoms with van der Waals surface area (Å²) in [5.41, 5.74) is -1.50. The maximum absolute atomic E-state index is 13.6. The molecule has 3 fully saturated rings. The molecule has 0 bridgehead atoms. The molecule has 4 rings (SSSR count). The van der Waals surface area contributed by atoms with Gasteiger partial charge in [0.2, 0.25) is 5.78 Å². The number of ketones is 2. The van der Waals surface area contributed by atoms with Gasteiger partial charge in [-0.15, -0.1) is 0 Å². The lowest BCUT2D eigenvalue weighted by Gasteiger charge is -2.60. The van der Waals surface area contributed by atoms with Gasteiger partial charge in [0.25, 0.3) is 0 Å². The summed E-state index contributed by atoms with van der Waals surface area (Å²) in [5.74, 6) is -0.650. The van der Waals surface area contributed by atoms with E-state index in [-0.39, 0.29) is 41.8 Å². The van der Waals surface area contributed by atoms with Gasteiger partial charge in [0.05, 0.1) is 13.2 Å². The summed E-state index contributed by atoms with van der Waals surface area (Å²) in [6.07, 6.45) is 4.94. The summed E-state index contributed by atoms with van der Waals surface area (Å²) in [6, 6.07) is 0. The molecule has 4 aliphatic rings. The number of allylic oxidation sites excluding steroid dienone is 1. The molecule has 1 N–H and O–H groups in total. The molecule has 0 heterocycles. The minimum absolute atomic E-state index is 0.0277. The molecule has 0 aliphatic heterocycles. The first kappa shape index (κ1) is 25.9. The topological polar surface area (TPSA) is 116 Å². The van der Waals surface area contributed by atoms with Gasteiger partial charge in [-0.05, 0) is 74.2 Å². The number of carbonyl (C=O) groups is 4. The Labute approximate surface area is 206 Å². The van der Waals surface area contributed by atoms with Gasteiger partial charge in [-0.1, -0.05) is 26.3 Å². The predicted octanol–water partition coefficient (Wildman–Crippen LogP) is 3.92. The van der Waals surface area contributed by atoms with E-state index in [0.29, 0.717) is 25.7 Å². The highest BCUT2D eigenvalue weighted by Gasteiger charge is 2.70. The van der Waals surface area contributed by atoms with E-state index in [1.54, 1.807) is 6.08 Å². The lowest BCUT2D eigenvalue weighted by Crippen LogP contribution is -2.63. The van der Waals surface area contributed by atoms with Gasteiger partial charge in [0.1, 0.15) is 0 Å². The van der Waals surface area contributed by atoms with Crippen LogP contribution >= 0.6 is 0 Å². The molecule has 0 amide bonds. The van der Waals surface area contributed by atoms with Crippen LogP contribution < -0.4 is 0 Å². The molecular formula is C27H38O8. The summed E-state index contributed by atoms with van der Waals surface area (Å²) in [5, 5.41) is 11.6. The van der Waals surface area contributed by atoms with Crippen molar-refractivity contribution in [2.24, 2.45) is 28.6 Å². The third kappa shape index (κ3) is 4.02. The van der Waals surface area contributed by atoms with Crippen molar-refractivity contribution >= 4 is 23.7 Å². The Morgan fingerprint density at radius 2 is 1.89 bits per heavy atom. The van der Waals surface area contributed by atoms with E-state index < -0.39 is 41.6 Å². The zero-order valence-electron chi connectivity index (χ0n) is 21.3. The predicted molar refractivity (Wildman–Crippen MR) is 125 cm³/mol. The zero-order chi connectivity index (χ0) is 25.6. The van der Waals surface area contributed by atoms with Crippen LogP contribution in [0.15, 0.2) is 11.6 Å². The number of Topliss-reactive ketones (excluding diaryl/α,β-unsaturated/α-hetero) is 1. The molecule has 194 valence electrons. The number of aliphatic hydroxyl groups is 1. The molecule has 4 aliphatic carbocycles. The van der Waals surface area contributed by atoms with Crippen LogP contribution in [0.2, 0.25) is 0 Å². The van der Waals surface area contributed by atoms with Gasteiger partial charge >= 0.3 is 12.1 Å². The number of esters is 1. The Hall–Kier alpha value is -2.22. The lowest BCUT2D eigenvalue weighted by atomic mass is 9.45. The number of hydrogen-bond acceptors (Lipinski definition) is 8. The molecule has 0 aromatic carbocycles. The highest BCUT2D eigenvalue weighted by molar-refractivity contribution is 5.93. The van der Waals surface area contributed by atoms with Crippen LogP contribution in [0.3, 0.4) is 0 Å². The fourth-order valence-corrected chi connectivity index (χ4v) is 8.08. The molecule has 0 radical (unpaired) electrons. The van der Waals surface area contributed by atoms with Crippen LogP contribution in [0.1, 0.15) is 78.6 Å². The SMILES string of the molecule is CCCC(=O)OCC(=O)[C@@]1(OC(=O)OC)CC[C@H]2[C@@H]3CCC4=CC(=O)CC[C@]4(C)[C@H]3[C@@H](O)C[C@@]21C. The fraction of sp³-hybridized carbons (Fsp3) is 0.778. The van der Waals surface area contributed by atoms with E-state index in [1.807, 2.05) is 13.8 Å².